The molecule has 3 heteroatoms. The zero-order valence-electron chi connectivity index (χ0n) is 29.4. The van der Waals surface area contributed by atoms with E-state index in [1.165, 1.54) is 27.6 Å². The third-order valence-electron chi connectivity index (χ3n) is 10.3. The van der Waals surface area contributed by atoms with Crippen LogP contribution in [0.25, 0.3) is 77.5 Å². The van der Waals surface area contributed by atoms with Gasteiger partial charge in [0.1, 0.15) is 5.52 Å². The molecule has 0 saturated carbocycles. The number of rotatable bonds is 7. The Kier molecular flexibility index (Phi) is 7.81. The average Bonchev–Trinajstić information content (AvgIpc) is 3.70. The minimum Gasteiger partial charge on any atom is -0.436 e. The summed E-state index contributed by atoms with van der Waals surface area (Å²) >= 11 is 0. The second-order valence-corrected chi connectivity index (χ2v) is 13.6. The first kappa shape index (κ1) is 31.5. The molecule has 10 rings (SSSR count). The van der Waals surface area contributed by atoms with Crippen LogP contribution in [0.5, 0.6) is 0 Å². The number of anilines is 3. The number of benzene rings is 9. The van der Waals surface area contributed by atoms with Crippen molar-refractivity contribution in [2.75, 3.05) is 4.90 Å². The van der Waals surface area contributed by atoms with Gasteiger partial charge in [-0.3, -0.25) is 0 Å². The quantitative estimate of drug-likeness (QED) is 0.156. The van der Waals surface area contributed by atoms with Crippen LogP contribution < -0.4 is 4.90 Å². The first-order chi connectivity index (χ1) is 26.7. The summed E-state index contributed by atoms with van der Waals surface area (Å²) in [6.45, 7) is 0. The summed E-state index contributed by atoms with van der Waals surface area (Å²) in [6, 6.07) is 73.0. The lowest BCUT2D eigenvalue weighted by Crippen LogP contribution is -2.09. The molecule has 54 heavy (non-hydrogen) atoms. The van der Waals surface area contributed by atoms with Gasteiger partial charge in [-0.2, -0.15) is 0 Å². The molecule has 10 aromatic rings. The molecule has 0 spiro atoms. The predicted octanol–water partition coefficient (Wildman–Crippen LogP) is 14.3. The van der Waals surface area contributed by atoms with E-state index in [-0.39, 0.29) is 0 Å². The van der Waals surface area contributed by atoms with Crippen molar-refractivity contribution in [2.24, 2.45) is 0 Å². The number of fused-ring (bicyclic) bond motifs is 5. The predicted molar refractivity (Wildman–Crippen MR) is 225 cm³/mol. The molecule has 0 saturated heterocycles. The van der Waals surface area contributed by atoms with E-state index in [0.29, 0.717) is 5.89 Å². The first-order valence-electron chi connectivity index (χ1n) is 18.3. The Morgan fingerprint density at radius 1 is 0.352 bits per heavy atom. The highest BCUT2D eigenvalue weighted by Crippen LogP contribution is 2.39. The molecule has 0 atom stereocenters. The van der Waals surface area contributed by atoms with Gasteiger partial charge in [-0.25, -0.2) is 4.98 Å². The van der Waals surface area contributed by atoms with Crippen molar-refractivity contribution in [1.29, 1.82) is 0 Å². The summed E-state index contributed by atoms with van der Waals surface area (Å²) < 4.78 is 6.24. The molecule has 0 amide bonds. The topological polar surface area (TPSA) is 29.3 Å². The third-order valence-corrected chi connectivity index (χ3v) is 10.3. The van der Waals surface area contributed by atoms with Crippen LogP contribution in [-0.2, 0) is 0 Å². The highest BCUT2D eigenvalue weighted by Gasteiger charge is 2.16. The van der Waals surface area contributed by atoms with E-state index in [1.807, 2.05) is 36.4 Å². The molecule has 0 radical (unpaired) electrons. The van der Waals surface area contributed by atoms with Crippen LogP contribution in [0.4, 0.5) is 17.1 Å². The Hall–Kier alpha value is -7.23. The number of nitrogens with zero attached hydrogens (tertiary/aromatic N) is 2. The second kappa shape index (κ2) is 13.4. The zero-order chi connectivity index (χ0) is 35.8. The van der Waals surface area contributed by atoms with E-state index in [1.54, 1.807) is 0 Å². The van der Waals surface area contributed by atoms with Gasteiger partial charge in [-0.1, -0.05) is 146 Å². The van der Waals surface area contributed by atoms with Crippen molar-refractivity contribution in [3.63, 3.8) is 0 Å². The Bertz CT molecular complexity index is 2800. The van der Waals surface area contributed by atoms with E-state index < -0.39 is 0 Å². The van der Waals surface area contributed by atoms with Gasteiger partial charge in [0, 0.05) is 28.0 Å². The van der Waals surface area contributed by atoms with Crippen molar-refractivity contribution >= 4 is 49.7 Å². The minimum absolute atomic E-state index is 0.639. The zero-order valence-corrected chi connectivity index (χ0v) is 29.4. The third kappa shape index (κ3) is 5.78. The summed E-state index contributed by atoms with van der Waals surface area (Å²) in [4.78, 5) is 7.31. The van der Waals surface area contributed by atoms with Gasteiger partial charge in [-0.05, 0) is 110 Å². The number of hydrogen-bond donors (Lipinski definition) is 0. The average molecular weight is 691 g/mol. The number of aromatic nitrogens is 1. The highest BCUT2D eigenvalue weighted by atomic mass is 16.3. The number of oxazole rings is 1. The lowest BCUT2D eigenvalue weighted by Gasteiger charge is -2.26. The monoisotopic (exact) mass is 690 g/mol. The fraction of sp³-hybridized carbons (Fsp3) is 0. The van der Waals surface area contributed by atoms with Crippen LogP contribution in [0.3, 0.4) is 0 Å². The molecule has 1 heterocycles. The van der Waals surface area contributed by atoms with Crippen LogP contribution in [-0.4, -0.2) is 4.98 Å². The first-order valence-corrected chi connectivity index (χ1v) is 18.3. The lowest BCUT2D eigenvalue weighted by molar-refractivity contribution is 0.620. The molecule has 0 N–H and O–H groups in total. The largest absolute Gasteiger partial charge is 0.436 e. The van der Waals surface area contributed by atoms with Crippen molar-refractivity contribution in [1.82, 2.24) is 4.98 Å². The van der Waals surface area contributed by atoms with Gasteiger partial charge in [0.15, 0.2) is 5.58 Å². The maximum absolute atomic E-state index is 6.24. The van der Waals surface area contributed by atoms with Crippen molar-refractivity contribution in [3.05, 3.63) is 206 Å². The van der Waals surface area contributed by atoms with Gasteiger partial charge in [0.2, 0.25) is 5.89 Å². The van der Waals surface area contributed by atoms with Crippen LogP contribution in [0.1, 0.15) is 0 Å². The van der Waals surface area contributed by atoms with Crippen molar-refractivity contribution < 1.29 is 4.42 Å². The molecule has 3 nitrogen and oxygen atoms in total. The van der Waals surface area contributed by atoms with Crippen LogP contribution in [0, 0.1) is 0 Å². The normalized spacial score (nSPS) is 11.3. The summed E-state index contributed by atoms with van der Waals surface area (Å²) in [5, 5.41) is 4.59. The molecule has 0 fully saturated rings. The van der Waals surface area contributed by atoms with E-state index in [2.05, 4.69) is 175 Å². The molecule has 0 bridgehead atoms. The summed E-state index contributed by atoms with van der Waals surface area (Å²) in [7, 11) is 0. The Labute approximate surface area is 314 Å². The van der Waals surface area contributed by atoms with Crippen LogP contribution in [0.2, 0.25) is 0 Å². The van der Waals surface area contributed by atoms with E-state index in [0.717, 1.165) is 61.0 Å². The highest BCUT2D eigenvalue weighted by molar-refractivity contribution is 6.18. The molecular weight excluding hydrogens is 657 g/mol. The van der Waals surface area contributed by atoms with Gasteiger partial charge >= 0.3 is 0 Å². The van der Waals surface area contributed by atoms with Gasteiger partial charge in [0.05, 0.1) is 0 Å². The summed E-state index contributed by atoms with van der Waals surface area (Å²) in [5.74, 6) is 0.639. The van der Waals surface area contributed by atoms with Crippen LogP contribution >= 0.6 is 0 Å². The van der Waals surface area contributed by atoms with E-state index in [4.69, 9.17) is 9.40 Å². The molecule has 254 valence electrons. The summed E-state index contributed by atoms with van der Waals surface area (Å²) in [6.07, 6.45) is 0. The van der Waals surface area contributed by atoms with Crippen molar-refractivity contribution in [2.45, 2.75) is 0 Å². The molecule has 0 unspecified atom stereocenters. The molecule has 1 aromatic heterocycles. The van der Waals surface area contributed by atoms with Gasteiger partial charge < -0.3 is 9.32 Å². The lowest BCUT2D eigenvalue weighted by atomic mass is 9.96. The van der Waals surface area contributed by atoms with Gasteiger partial charge in [0.25, 0.3) is 0 Å². The molecule has 9 aromatic carbocycles. The molecule has 0 aliphatic heterocycles. The minimum atomic E-state index is 0.639. The standard InChI is InChI=1S/C51H34N2O/c1-4-10-35(11-5-1)37-18-26-44(27-19-37)53(45-28-20-38(21-29-45)36-12-6-2-7-13-36)46-30-22-39(23-31-46)42-24-32-47-43(34-42)17-16-40-25-33-48-50(49(40)47)52-51(54-48)41-14-8-3-9-15-41/h1-34H. The fourth-order valence-corrected chi connectivity index (χ4v) is 7.54. The van der Waals surface area contributed by atoms with Crippen molar-refractivity contribution in [3.8, 4) is 44.8 Å². The molecule has 0 aliphatic carbocycles. The molecule has 0 aliphatic rings. The Balaban J connectivity index is 1.01. The fourth-order valence-electron chi connectivity index (χ4n) is 7.54. The van der Waals surface area contributed by atoms with E-state index in [9.17, 15) is 0 Å². The Morgan fingerprint density at radius 2 is 0.778 bits per heavy atom. The van der Waals surface area contributed by atoms with Gasteiger partial charge in [-0.15, -0.1) is 0 Å². The smallest absolute Gasteiger partial charge is 0.227 e. The summed E-state index contributed by atoms with van der Waals surface area (Å²) in [5.41, 5.74) is 13.1. The van der Waals surface area contributed by atoms with E-state index >= 15 is 0 Å². The number of hydrogen-bond acceptors (Lipinski definition) is 3. The second-order valence-electron chi connectivity index (χ2n) is 13.6. The maximum atomic E-state index is 6.24. The van der Waals surface area contributed by atoms with Crippen LogP contribution in [0.15, 0.2) is 211 Å². The maximum Gasteiger partial charge on any atom is 0.227 e. The molecular formula is C51H34N2O. The Morgan fingerprint density at radius 3 is 1.31 bits per heavy atom. The SMILES string of the molecule is c1ccc(-c2ccc(N(c3ccc(-c4ccccc4)cc3)c3ccc(-c4ccc5c(ccc6ccc7oc(-c8ccccc8)nc7c65)c4)cc3)cc2)cc1.